The van der Waals surface area contributed by atoms with Gasteiger partial charge in [0.25, 0.3) is 0 Å². The predicted octanol–water partition coefficient (Wildman–Crippen LogP) is 8.63. The van der Waals surface area contributed by atoms with E-state index in [-0.39, 0.29) is 65.4 Å². The molecule has 0 aromatic carbocycles. The number of fused-ring (bicyclic) bond motifs is 17. The van der Waals surface area contributed by atoms with E-state index in [1.54, 1.807) is 5.57 Å². The topological polar surface area (TPSA) is 123 Å². The standard InChI is InChI=1S/C56H82N2O7/c1-29(27-59)9-15-45-31(3)50-47(64-45)21-38-35-13-11-33-19-41-43(25-52(33,5)37(35)23-49(61)54(38,50)7)57-42-20-34-12-14-36-39-22-48-51(32(4)46(65-48)16-10-30(2)28-60)55(39,8)56(62-17-18-63-56)24-40(36)53(34,6)26-44(42)58-41/h21-22,29-37,40,45-51,59-61H,9-20,23-28H2,1-8H3/t29-,30-,31+,32+,33-,34-,35+,36-,37-,40-,45+,46+,47-,48-,49+,50-,51-,52-,53-,54+,55-/m0/s1. The van der Waals surface area contributed by atoms with E-state index in [9.17, 15) is 15.3 Å². The first-order valence-corrected chi connectivity index (χ1v) is 26.9. The van der Waals surface area contributed by atoms with Crippen LogP contribution in [0.2, 0.25) is 0 Å². The van der Waals surface area contributed by atoms with Crippen LogP contribution in [0.15, 0.2) is 23.3 Å². The molecule has 4 saturated carbocycles. The van der Waals surface area contributed by atoms with Crippen LogP contribution >= 0.6 is 0 Å². The number of ether oxygens (including phenoxy) is 4. The summed E-state index contributed by atoms with van der Waals surface area (Å²) in [5, 5.41) is 31.9. The summed E-state index contributed by atoms with van der Waals surface area (Å²) in [5.74, 6) is 4.34. The Labute approximate surface area is 389 Å². The van der Waals surface area contributed by atoms with Crippen molar-refractivity contribution in [3.05, 3.63) is 46.1 Å². The first-order chi connectivity index (χ1) is 31.1. The van der Waals surface area contributed by atoms with Crippen LogP contribution in [0.25, 0.3) is 0 Å². The molecule has 3 saturated heterocycles. The molecule has 3 N–H and O–H groups in total. The third-order valence-corrected chi connectivity index (χ3v) is 22.8. The molecule has 0 radical (unpaired) electrons. The van der Waals surface area contributed by atoms with Gasteiger partial charge < -0.3 is 34.3 Å². The Hall–Kier alpha value is -1.72. The molecule has 11 aliphatic rings. The molecule has 4 heterocycles. The van der Waals surface area contributed by atoms with Gasteiger partial charge in [0, 0.05) is 42.3 Å². The number of aliphatic hydroxyl groups is 3. The first-order valence-electron chi connectivity index (χ1n) is 26.9. The molecule has 7 fully saturated rings. The van der Waals surface area contributed by atoms with Crippen LogP contribution in [0.5, 0.6) is 0 Å². The molecule has 9 nitrogen and oxygen atoms in total. The van der Waals surface area contributed by atoms with Crippen molar-refractivity contribution in [2.24, 2.45) is 92.7 Å². The summed E-state index contributed by atoms with van der Waals surface area (Å²) in [5.41, 5.74) is 7.80. The van der Waals surface area contributed by atoms with Gasteiger partial charge in [-0.25, -0.2) is 0 Å². The van der Waals surface area contributed by atoms with E-state index in [1.807, 2.05) is 0 Å². The summed E-state index contributed by atoms with van der Waals surface area (Å²) in [4.78, 5) is 11.4. The third-order valence-electron chi connectivity index (χ3n) is 22.8. The normalized spacial score (nSPS) is 50.4. The molecule has 9 heteroatoms. The van der Waals surface area contributed by atoms with Gasteiger partial charge in [-0.05, 0) is 153 Å². The van der Waals surface area contributed by atoms with Crippen molar-refractivity contribution in [1.82, 2.24) is 9.97 Å². The molecule has 1 spiro atoms. The van der Waals surface area contributed by atoms with Crippen molar-refractivity contribution in [3.8, 4) is 0 Å². The molecule has 1 aromatic rings. The fraction of sp³-hybridized carbons (Fsp3) is 0.857. The average molecular weight is 895 g/mol. The Morgan fingerprint density at radius 1 is 0.677 bits per heavy atom. The molecule has 0 amide bonds. The number of hydrogen-bond donors (Lipinski definition) is 3. The molecule has 12 rings (SSSR count). The average Bonchev–Trinajstić information content (AvgIpc) is 4.09. The maximum absolute atomic E-state index is 12.4. The summed E-state index contributed by atoms with van der Waals surface area (Å²) >= 11 is 0. The van der Waals surface area contributed by atoms with Crippen LogP contribution in [0.3, 0.4) is 0 Å². The van der Waals surface area contributed by atoms with Gasteiger partial charge >= 0.3 is 0 Å². The lowest BCUT2D eigenvalue weighted by atomic mass is 9.44. The van der Waals surface area contributed by atoms with Crippen LogP contribution in [0, 0.1) is 92.7 Å². The Morgan fingerprint density at radius 3 is 1.75 bits per heavy atom. The van der Waals surface area contributed by atoms with Crippen LogP contribution < -0.4 is 0 Å². The van der Waals surface area contributed by atoms with Crippen molar-refractivity contribution in [2.75, 3.05) is 26.4 Å². The van der Waals surface area contributed by atoms with E-state index in [2.05, 4.69) is 67.5 Å². The quantitative estimate of drug-likeness (QED) is 0.220. The van der Waals surface area contributed by atoms with Crippen LogP contribution in [-0.2, 0) is 44.6 Å². The largest absolute Gasteiger partial charge is 0.396 e. The van der Waals surface area contributed by atoms with Crippen molar-refractivity contribution in [3.63, 3.8) is 0 Å². The minimum atomic E-state index is -0.634. The number of hydrogen-bond acceptors (Lipinski definition) is 9. The van der Waals surface area contributed by atoms with E-state index in [0.29, 0.717) is 84.2 Å². The van der Waals surface area contributed by atoms with Gasteiger partial charge in [0.05, 0.1) is 66.5 Å². The summed E-state index contributed by atoms with van der Waals surface area (Å²) in [7, 11) is 0. The van der Waals surface area contributed by atoms with Crippen molar-refractivity contribution in [2.45, 2.75) is 182 Å². The molecule has 0 bridgehead atoms. The maximum Gasteiger partial charge on any atom is 0.178 e. The second kappa shape index (κ2) is 15.4. The van der Waals surface area contributed by atoms with E-state index in [1.165, 1.54) is 54.0 Å². The molecule has 21 atom stereocenters. The molecule has 0 unspecified atom stereocenters. The number of aromatic nitrogens is 2. The van der Waals surface area contributed by atoms with Gasteiger partial charge in [-0.3, -0.25) is 9.97 Å². The zero-order chi connectivity index (χ0) is 45.2. The van der Waals surface area contributed by atoms with E-state index < -0.39 is 5.79 Å². The molecular weight excluding hydrogens is 813 g/mol. The van der Waals surface area contributed by atoms with Gasteiger partial charge in [-0.2, -0.15) is 0 Å². The fourth-order valence-corrected chi connectivity index (χ4v) is 19.0. The lowest BCUT2D eigenvalue weighted by molar-refractivity contribution is -0.276. The Morgan fingerprint density at radius 2 is 1.18 bits per heavy atom. The fourth-order valence-electron chi connectivity index (χ4n) is 19.0. The van der Waals surface area contributed by atoms with E-state index >= 15 is 0 Å². The molecule has 358 valence electrons. The van der Waals surface area contributed by atoms with Gasteiger partial charge in [-0.15, -0.1) is 0 Å². The highest BCUT2D eigenvalue weighted by molar-refractivity contribution is 5.41. The second-order valence-electron chi connectivity index (χ2n) is 25.7. The van der Waals surface area contributed by atoms with Crippen LogP contribution in [0.4, 0.5) is 0 Å². The molecule has 1 aromatic heterocycles. The minimum absolute atomic E-state index is 0.0765. The highest BCUT2D eigenvalue weighted by Gasteiger charge is 2.73. The zero-order valence-electron chi connectivity index (χ0n) is 41.1. The van der Waals surface area contributed by atoms with Crippen LogP contribution in [-0.4, -0.2) is 88.0 Å². The highest BCUT2D eigenvalue weighted by Crippen LogP contribution is 2.73. The second-order valence-corrected chi connectivity index (χ2v) is 25.7. The number of aliphatic hydroxyl groups excluding tert-OH is 3. The minimum Gasteiger partial charge on any atom is -0.396 e. The number of nitrogens with zero attached hydrogens (tertiary/aromatic N) is 2. The first kappa shape index (κ1) is 44.5. The highest BCUT2D eigenvalue weighted by atomic mass is 16.7. The Bertz CT molecular complexity index is 2120. The van der Waals surface area contributed by atoms with Gasteiger partial charge in [-0.1, -0.05) is 78.7 Å². The zero-order valence-corrected chi connectivity index (χ0v) is 41.1. The molecule has 8 aliphatic carbocycles. The van der Waals surface area contributed by atoms with E-state index in [4.69, 9.17) is 28.9 Å². The van der Waals surface area contributed by atoms with Crippen LogP contribution in [0.1, 0.15) is 142 Å². The maximum atomic E-state index is 12.4. The van der Waals surface area contributed by atoms with Gasteiger partial charge in [0.1, 0.15) is 0 Å². The summed E-state index contributed by atoms with van der Waals surface area (Å²) in [6.07, 6.45) is 19.8. The van der Waals surface area contributed by atoms with Crippen molar-refractivity contribution >= 4 is 0 Å². The lowest BCUT2D eigenvalue weighted by Crippen LogP contribution is -2.63. The van der Waals surface area contributed by atoms with E-state index in [0.717, 1.165) is 64.2 Å². The molecular formula is C56H82N2O7. The SMILES string of the molecule is C[C@H](CO)CC[C@H]1O[C@H]2C=C3[C@@H]4CC[C@H]5Cc6nc7c(nc6C[C@]5(C)[C@H]4C[C@@H](O)[C@]3(C)[C@H]2[C@@H]1C)C[C@@H]1CC[C@H]2C3=C[C@@H]4O[C@H](CC[C@H](C)CO)[C@@H](C)[C@@H]4[C@@]3(C)C3(C[C@@H]2[C@@]1(C)C7)OCCO3. The molecule has 65 heavy (non-hydrogen) atoms. The summed E-state index contributed by atoms with van der Waals surface area (Å²) in [6, 6.07) is 0. The Kier molecular flexibility index (Phi) is 10.5. The lowest BCUT2D eigenvalue weighted by Gasteiger charge is -2.63. The van der Waals surface area contributed by atoms with Crippen molar-refractivity contribution < 1.29 is 34.3 Å². The van der Waals surface area contributed by atoms with Gasteiger partial charge in [0.2, 0.25) is 0 Å². The summed E-state index contributed by atoms with van der Waals surface area (Å²) in [6.45, 7) is 20.9. The predicted molar refractivity (Wildman–Crippen MR) is 248 cm³/mol. The molecule has 3 aliphatic heterocycles. The number of rotatable bonds is 8. The monoisotopic (exact) mass is 895 g/mol. The smallest absolute Gasteiger partial charge is 0.178 e. The van der Waals surface area contributed by atoms with Crippen molar-refractivity contribution in [1.29, 1.82) is 0 Å². The van der Waals surface area contributed by atoms with Gasteiger partial charge in [0.15, 0.2) is 5.79 Å². The summed E-state index contributed by atoms with van der Waals surface area (Å²) < 4.78 is 27.8. The third kappa shape index (κ3) is 6.06. The Balaban J connectivity index is 0.801.